The number of halogens is 2. The second-order valence-corrected chi connectivity index (χ2v) is 5.06. The highest BCUT2D eigenvalue weighted by Gasteiger charge is 2.13. The zero-order valence-electron chi connectivity index (χ0n) is 10.5. The van der Waals surface area contributed by atoms with Crippen LogP contribution in [0.15, 0.2) is 34.6 Å². The number of aromatic amines is 1. The number of aromatic nitrogens is 2. The molecule has 2 N–H and O–H groups in total. The van der Waals surface area contributed by atoms with Crippen LogP contribution in [0.2, 0.25) is 0 Å². The van der Waals surface area contributed by atoms with Gasteiger partial charge in [0.25, 0.3) is 0 Å². The Labute approximate surface area is 114 Å². The fourth-order valence-electron chi connectivity index (χ4n) is 1.62. The second-order valence-electron chi connectivity index (χ2n) is 4.06. The highest BCUT2D eigenvalue weighted by Crippen LogP contribution is 2.30. The summed E-state index contributed by atoms with van der Waals surface area (Å²) in [6, 6.07) is 2.72. The van der Waals surface area contributed by atoms with Gasteiger partial charge in [0, 0.05) is 18.9 Å². The minimum atomic E-state index is -0.560. The van der Waals surface area contributed by atoms with Gasteiger partial charge in [0.1, 0.15) is 11.6 Å². The van der Waals surface area contributed by atoms with Gasteiger partial charge in [-0.05, 0) is 42.4 Å². The van der Waals surface area contributed by atoms with Crippen LogP contribution in [0.1, 0.15) is 18.9 Å². The third-order valence-electron chi connectivity index (χ3n) is 2.49. The molecule has 0 saturated carbocycles. The van der Waals surface area contributed by atoms with E-state index in [1.54, 1.807) is 12.4 Å². The van der Waals surface area contributed by atoms with Crippen LogP contribution in [0, 0.1) is 11.6 Å². The van der Waals surface area contributed by atoms with Crippen LogP contribution in [0.3, 0.4) is 0 Å². The molecule has 0 fully saturated rings. The van der Waals surface area contributed by atoms with Crippen molar-refractivity contribution in [3.8, 4) is 0 Å². The maximum Gasteiger partial charge on any atom is 0.170 e. The Balaban J connectivity index is 2.12. The summed E-state index contributed by atoms with van der Waals surface area (Å²) < 4.78 is 27.8. The lowest BCUT2D eigenvalue weighted by Gasteiger charge is -2.07. The lowest BCUT2D eigenvalue weighted by molar-refractivity contribution is 0.534. The van der Waals surface area contributed by atoms with Crippen molar-refractivity contribution in [1.29, 1.82) is 0 Å². The first-order valence-corrected chi connectivity index (χ1v) is 6.88. The third-order valence-corrected chi connectivity index (χ3v) is 3.50. The molecular formula is C13H15F2N3S. The number of nitrogens with one attached hydrogen (secondary N) is 2. The van der Waals surface area contributed by atoms with E-state index in [9.17, 15) is 8.78 Å². The normalized spacial score (nSPS) is 10.9. The van der Waals surface area contributed by atoms with E-state index in [1.807, 2.05) is 6.92 Å². The van der Waals surface area contributed by atoms with Gasteiger partial charge in [-0.2, -0.15) is 0 Å². The number of benzene rings is 1. The summed E-state index contributed by atoms with van der Waals surface area (Å²) in [4.78, 5) is 6.71. The van der Waals surface area contributed by atoms with Crippen molar-refractivity contribution in [2.24, 2.45) is 0 Å². The van der Waals surface area contributed by atoms with E-state index in [1.165, 1.54) is 12.1 Å². The molecular weight excluding hydrogens is 268 g/mol. The van der Waals surface area contributed by atoms with Crippen molar-refractivity contribution >= 4 is 11.8 Å². The van der Waals surface area contributed by atoms with Crippen molar-refractivity contribution < 1.29 is 8.78 Å². The zero-order chi connectivity index (χ0) is 13.7. The van der Waals surface area contributed by atoms with Crippen molar-refractivity contribution in [3.05, 3.63) is 41.7 Å². The Morgan fingerprint density at radius 3 is 2.63 bits per heavy atom. The topological polar surface area (TPSA) is 40.7 Å². The van der Waals surface area contributed by atoms with Gasteiger partial charge in [-0.15, -0.1) is 0 Å². The number of H-pyrrole nitrogens is 1. The molecule has 1 heterocycles. The average Bonchev–Trinajstić information content (AvgIpc) is 2.87. The summed E-state index contributed by atoms with van der Waals surface area (Å²) in [5, 5.41) is 3.58. The minimum Gasteiger partial charge on any atom is -0.339 e. The third kappa shape index (κ3) is 3.78. The Bertz CT molecular complexity index is 506. The molecule has 1 aromatic heterocycles. The lowest BCUT2D eigenvalue weighted by Crippen LogP contribution is -2.14. The number of nitrogens with zero attached hydrogens (tertiary/aromatic N) is 1. The van der Waals surface area contributed by atoms with Gasteiger partial charge in [0.15, 0.2) is 5.16 Å². The molecule has 6 heteroatoms. The van der Waals surface area contributed by atoms with Gasteiger partial charge in [0.2, 0.25) is 0 Å². The number of imidazole rings is 1. The van der Waals surface area contributed by atoms with E-state index >= 15 is 0 Å². The van der Waals surface area contributed by atoms with E-state index in [0.29, 0.717) is 17.3 Å². The lowest BCUT2D eigenvalue weighted by atomic mass is 10.2. The fraction of sp³-hybridized carbons (Fsp3) is 0.308. The van der Waals surface area contributed by atoms with Crippen molar-refractivity contribution in [1.82, 2.24) is 15.3 Å². The quantitative estimate of drug-likeness (QED) is 0.799. The number of hydrogen-bond donors (Lipinski definition) is 2. The Kier molecular flexibility index (Phi) is 4.93. The van der Waals surface area contributed by atoms with E-state index < -0.39 is 11.6 Å². The molecule has 0 aliphatic carbocycles. The summed E-state index contributed by atoms with van der Waals surface area (Å²) in [6.45, 7) is 3.33. The monoisotopic (exact) mass is 283 g/mol. The van der Waals surface area contributed by atoms with Crippen LogP contribution in [0.5, 0.6) is 0 Å². The van der Waals surface area contributed by atoms with Crippen molar-refractivity contribution in [2.75, 3.05) is 6.54 Å². The number of rotatable bonds is 6. The van der Waals surface area contributed by atoms with Gasteiger partial charge in [-0.1, -0.05) is 6.92 Å². The summed E-state index contributed by atoms with van der Waals surface area (Å²) in [5.41, 5.74) is 0.604. The van der Waals surface area contributed by atoms with Gasteiger partial charge < -0.3 is 10.3 Å². The molecule has 0 amide bonds. The molecule has 0 spiro atoms. The largest absolute Gasteiger partial charge is 0.339 e. The molecule has 0 atom stereocenters. The van der Waals surface area contributed by atoms with Gasteiger partial charge in [-0.3, -0.25) is 0 Å². The molecule has 102 valence electrons. The van der Waals surface area contributed by atoms with Crippen LogP contribution in [-0.4, -0.2) is 16.5 Å². The van der Waals surface area contributed by atoms with Gasteiger partial charge in [-0.25, -0.2) is 13.8 Å². The van der Waals surface area contributed by atoms with Crippen LogP contribution < -0.4 is 5.32 Å². The maximum absolute atomic E-state index is 13.9. The number of hydrogen-bond acceptors (Lipinski definition) is 3. The molecule has 2 rings (SSSR count). The molecule has 0 unspecified atom stereocenters. The van der Waals surface area contributed by atoms with Crippen LogP contribution in [0.4, 0.5) is 8.78 Å². The first kappa shape index (κ1) is 14.0. The summed E-state index contributed by atoms with van der Waals surface area (Å²) in [5.74, 6) is -1.12. The van der Waals surface area contributed by atoms with E-state index in [4.69, 9.17) is 0 Å². The Morgan fingerprint density at radius 1 is 1.32 bits per heavy atom. The molecule has 2 aromatic rings. The standard InChI is InChI=1S/C13H15F2N3S/c1-2-3-16-8-9-6-10(14)12(11(15)7-9)19-13-17-4-5-18-13/h4-7,16H,2-3,8H2,1H3,(H,17,18). The smallest absolute Gasteiger partial charge is 0.170 e. The van der Waals surface area contributed by atoms with Crippen molar-refractivity contribution in [2.45, 2.75) is 29.9 Å². The zero-order valence-corrected chi connectivity index (χ0v) is 11.4. The summed E-state index contributed by atoms with van der Waals surface area (Å²) >= 11 is 0.947. The van der Waals surface area contributed by atoms with Crippen molar-refractivity contribution in [3.63, 3.8) is 0 Å². The molecule has 19 heavy (non-hydrogen) atoms. The SMILES string of the molecule is CCCNCc1cc(F)c(Sc2ncc[nH]2)c(F)c1. The van der Waals surface area contributed by atoms with E-state index in [-0.39, 0.29) is 4.90 Å². The molecule has 0 radical (unpaired) electrons. The first-order chi connectivity index (χ1) is 9.20. The Morgan fingerprint density at radius 2 is 2.05 bits per heavy atom. The molecule has 0 saturated heterocycles. The highest BCUT2D eigenvalue weighted by molar-refractivity contribution is 7.99. The van der Waals surface area contributed by atoms with E-state index in [2.05, 4.69) is 15.3 Å². The molecule has 0 aliphatic rings. The Hall–Kier alpha value is -1.40. The average molecular weight is 283 g/mol. The summed E-state index contributed by atoms with van der Waals surface area (Å²) in [6.07, 6.45) is 4.14. The minimum absolute atomic E-state index is 0.0332. The van der Waals surface area contributed by atoms with Crippen LogP contribution in [0.25, 0.3) is 0 Å². The summed E-state index contributed by atoms with van der Waals surface area (Å²) in [7, 11) is 0. The fourth-order valence-corrected chi connectivity index (χ4v) is 2.37. The first-order valence-electron chi connectivity index (χ1n) is 6.06. The highest BCUT2D eigenvalue weighted by atomic mass is 32.2. The molecule has 0 aliphatic heterocycles. The van der Waals surface area contributed by atoms with Crippen LogP contribution in [-0.2, 0) is 6.54 Å². The van der Waals surface area contributed by atoms with Crippen LogP contribution >= 0.6 is 11.8 Å². The maximum atomic E-state index is 13.9. The predicted octanol–water partition coefficient (Wildman–Crippen LogP) is 3.34. The molecule has 0 bridgehead atoms. The predicted molar refractivity (Wildman–Crippen MR) is 71.1 cm³/mol. The second kappa shape index (κ2) is 6.68. The molecule has 3 nitrogen and oxygen atoms in total. The van der Waals surface area contributed by atoms with E-state index in [0.717, 1.165) is 24.7 Å². The molecule has 1 aromatic carbocycles. The van der Waals surface area contributed by atoms with Gasteiger partial charge >= 0.3 is 0 Å². The van der Waals surface area contributed by atoms with Gasteiger partial charge in [0.05, 0.1) is 4.90 Å².